The number of ether oxygens (including phenoxy) is 1. The average molecular weight is 415 g/mol. The van der Waals surface area contributed by atoms with Crippen molar-refractivity contribution in [3.05, 3.63) is 51.7 Å². The molecule has 8 heteroatoms. The van der Waals surface area contributed by atoms with Crippen molar-refractivity contribution in [2.45, 2.75) is 44.3 Å². The van der Waals surface area contributed by atoms with E-state index in [-0.39, 0.29) is 19.0 Å². The van der Waals surface area contributed by atoms with Gasteiger partial charge in [-0.2, -0.15) is 13.2 Å². The van der Waals surface area contributed by atoms with Gasteiger partial charge in [0.1, 0.15) is 5.75 Å². The van der Waals surface area contributed by atoms with Gasteiger partial charge in [-0.25, -0.2) is 0 Å². The van der Waals surface area contributed by atoms with E-state index in [1.54, 1.807) is 13.0 Å². The molecule has 1 aromatic heterocycles. The second kappa shape index (κ2) is 9.54. The fraction of sp³-hybridized carbons (Fsp3) is 0.450. The lowest BCUT2D eigenvalue weighted by Crippen LogP contribution is -2.40. The Morgan fingerprint density at radius 3 is 2.46 bits per heavy atom. The Hall–Kier alpha value is -1.90. The van der Waals surface area contributed by atoms with Crippen molar-refractivity contribution in [1.82, 2.24) is 0 Å². The lowest BCUT2D eigenvalue weighted by atomic mass is 9.98. The minimum atomic E-state index is -4.37. The number of ketones is 1. The number of aliphatic hydroxyl groups excluding tert-OH is 1. The van der Waals surface area contributed by atoms with Crippen molar-refractivity contribution in [3.63, 3.8) is 0 Å². The van der Waals surface area contributed by atoms with Crippen LogP contribution in [0.5, 0.6) is 5.75 Å². The predicted molar refractivity (Wildman–Crippen MR) is 103 cm³/mol. The van der Waals surface area contributed by atoms with Crippen LogP contribution in [-0.4, -0.2) is 29.6 Å². The molecule has 0 bridgehead atoms. The minimum Gasteiger partial charge on any atom is -0.494 e. The Morgan fingerprint density at radius 1 is 1.18 bits per heavy atom. The summed E-state index contributed by atoms with van der Waals surface area (Å²) in [6.07, 6.45) is -2.28. The number of thiophene rings is 1. The molecule has 0 radical (unpaired) electrons. The van der Waals surface area contributed by atoms with Crippen molar-refractivity contribution in [2.24, 2.45) is 5.73 Å². The van der Waals surface area contributed by atoms with E-state index in [9.17, 15) is 23.1 Å². The molecule has 0 aliphatic rings. The first-order valence-corrected chi connectivity index (χ1v) is 9.74. The van der Waals surface area contributed by atoms with E-state index in [1.807, 2.05) is 6.07 Å². The SMILES string of the molecule is CC(N)(CO)CCc1ccc(C(=O)CCCOc2ccc(C(F)(F)F)cc2)s1. The molecule has 2 aromatic rings. The molecule has 154 valence electrons. The summed E-state index contributed by atoms with van der Waals surface area (Å²) in [5.41, 5.74) is 4.55. The standard InChI is InChI=1S/C20H24F3NO3S/c1-19(24,13-25)11-10-16-8-9-18(28-16)17(26)3-2-12-27-15-6-4-14(5-7-15)20(21,22)23/h4-9,25H,2-3,10-13,24H2,1H3. The molecule has 0 saturated heterocycles. The maximum absolute atomic E-state index is 12.5. The van der Waals surface area contributed by atoms with Crippen molar-refractivity contribution in [1.29, 1.82) is 0 Å². The second-order valence-electron chi connectivity index (χ2n) is 6.98. The first-order valence-electron chi connectivity index (χ1n) is 8.92. The third-order valence-electron chi connectivity index (χ3n) is 4.24. The molecule has 4 nitrogen and oxygen atoms in total. The number of rotatable bonds is 10. The summed E-state index contributed by atoms with van der Waals surface area (Å²) in [5.74, 6) is 0.345. The fourth-order valence-corrected chi connectivity index (χ4v) is 3.41. The van der Waals surface area contributed by atoms with Gasteiger partial charge in [0.15, 0.2) is 5.78 Å². The van der Waals surface area contributed by atoms with Crippen molar-refractivity contribution in [3.8, 4) is 5.75 Å². The van der Waals surface area contributed by atoms with Gasteiger partial charge in [-0.3, -0.25) is 4.79 Å². The Morgan fingerprint density at radius 2 is 1.86 bits per heavy atom. The highest BCUT2D eigenvalue weighted by Gasteiger charge is 2.30. The van der Waals surface area contributed by atoms with E-state index >= 15 is 0 Å². The zero-order valence-electron chi connectivity index (χ0n) is 15.6. The fourth-order valence-electron chi connectivity index (χ4n) is 2.44. The first-order chi connectivity index (χ1) is 13.1. The molecule has 1 heterocycles. The second-order valence-corrected chi connectivity index (χ2v) is 8.14. The zero-order valence-corrected chi connectivity index (χ0v) is 16.4. The molecule has 0 spiro atoms. The molecule has 1 aromatic carbocycles. The van der Waals surface area contributed by atoms with E-state index in [2.05, 4.69) is 0 Å². The summed E-state index contributed by atoms with van der Waals surface area (Å²) in [4.78, 5) is 13.9. The maximum Gasteiger partial charge on any atom is 0.416 e. The van der Waals surface area contributed by atoms with Gasteiger partial charge in [0.25, 0.3) is 0 Å². The third-order valence-corrected chi connectivity index (χ3v) is 5.42. The Balaban J connectivity index is 1.74. The number of hydrogen-bond acceptors (Lipinski definition) is 5. The van der Waals surface area contributed by atoms with Gasteiger partial charge in [-0.1, -0.05) is 0 Å². The molecule has 0 amide bonds. The summed E-state index contributed by atoms with van der Waals surface area (Å²) in [6.45, 7) is 1.93. The van der Waals surface area contributed by atoms with Gasteiger partial charge in [-0.15, -0.1) is 11.3 Å². The summed E-state index contributed by atoms with van der Waals surface area (Å²) < 4.78 is 42.9. The van der Waals surface area contributed by atoms with Crippen molar-refractivity contribution < 1.29 is 27.8 Å². The van der Waals surface area contributed by atoms with Crippen LogP contribution in [0.1, 0.15) is 46.3 Å². The van der Waals surface area contributed by atoms with Gasteiger partial charge in [0, 0.05) is 16.8 Å². The molecule has 0 aliphatic heterocycles. The average Bonchev–Trinajstić information content (AvgIpc) is 3.12. The summed E-state index contributed by atoms with van der Waals surface area (Å²) in [5, 5.41) is 9.18. The summed E-state index contributed by atoms with van der Waals surface area (Å²) >= 11 is 1.42. The number of alkyl halides is 3. The van der Waals surface area contributed by atoms with Crippen LogP contribution in [0.15, 0.2) is 36.4 Å². The molecule has 1 unspecified atom stereocenters. The largest absolute Gasteiger partial charge is 0.494 e. The van der Waals surface area contributed by atoms with Gasteiger partial charge >= 0.3 is 6.18 Å². The van der Waals surface area contributed by atoms with Crippen LogP contribution < -0.4 is 10.5 Å². The lowest BCUT2D eigenvalue weighted by Gasteiger charge is -2.20. The molecule has 0 fully saturated rings. The van der Waals surface area contributed by atoms with Gasteiger partial charge in [0.05, 0.1) is 23.7 Å². The first kappa shape index (κ1) is 22.4. The highest BCUT2D eigenvalue weighted by atomic mass is 32.1. The van der Waals surface area contributed by atoms with Crippen LogP contribution in [0.4, 0.5) is 13.2 Å². The Bertz CT molecular complexity index is 770. The van der Waals surface area contributed by atoms with Crippen LogP contribution in [0.2, 0.25) is 0 Å². The van der Waals surface area contributed by atoms with Crippen LogP contribution in [0, 0.1) is 0 Å². The van der Waals surface area contributed by atoms with E-state index in [1.165, 1.54) is 23.5 Å². The molecule has 0 saturated carbocycles. The highest BCUT2D eigenvalue weighted by molar-refractivity contribution is 7.14. The lowest BCUT2D eigenvalue weighted by molar-refractivity contribution is -0.137. The van der Waals surface area contributed by atoms with Gasteiger partial charge in [0.2, 0.25) is 0 Å². The highest BCUT2D eigenvalue weighted by Crippen LogP contribution is 2.30. The number of halogens is 3. The molecule has 3 N–H and O–H groups in total. The van der Waals surface area contributed by atoms with Crippen LogP contribution in [0.25, 0.3) is 0 Å². The van der Waals surface area contributed by atoms with Crippen LogP contribution in [0.3, 0.4) is 0 Å². The molecular formula is C20H24F3NO3S. The van der Waals surface area contributed by atoms with Crippen LogP contribution >= 0.6 is 11.3 Å². The molecule has 1 atom stereocenters. The number of hydrogen-bond donors (Lipinski definition) is 2. The molecule has 2 rings (SSSR count). The molecular weight excluding hydrogens is 391 g/mol. The number of Topliss-reactive ketones (excluding diaryl/α,β-unsaturated/α-hetero) is 1. The minimum absolute atomic E-state index is 0.00457. The summed E-state index contributed by atoms with van der Waals surface area (Å²) in [6, 6.07) is 8.16. The zero-order chi connectivity index (χ0) is 20.8. The number of carbonyl (C=O) groups is 1. The van der Waals surface area contributed by atoms with E-state index in [4.69, 9.17) is 10.5 Å². The summed E-state index contributed by atoms with van der Waals surface area (Å²) in [7, 11) is 0. The number of aliphatic hydroxyl groups is 1. The molecule has 0 aliphatic carbocycles. The Labute approximate surface area is 166 Å². The van der Waals surface area contributed by atoms with Crippen molar-refractivity contribution >= 4 is 17.1 Å². The van der Waals surface area contributed by atoms with Crippen molar-refractivity contribution in [2.75, 3.05) is 13.2 Å². The number of carbonyl (C=O) groups excluding carboxylic acids is 1. The van der Waals surface area contributed by atoms with Gasteiger partial charge < -0.3 is 15.6 Å². The third kappa shape index (κ3) is 6.92. The quantitative estimate of drug-likeness (QED) is 0.444. The maximum atomic E-state index is 12.5. The number of benzene rings is 1. The number of nitrogens with two attached hydrogens (primary N) is 1. The van der Waals surface area contributed by atoms with E-state index < -0.39 is 17.3 Å². The van der Waals surface area contributed by atoms with Crippen LogP contribution in [-0.2, 0) is 12.6 Å². The topological polar surface area (TPSA) is 72.5 Å². The monoisotopic (exact) mass is 415 g/mol. The van der Waals surface area contributed by atoms with E-state index in [0.717, 1.165) is 17.0 Å². The van der Waals surface area contributed by atoms with E-state index in [0.29, 0.717) is 36.3 Å². The molecule has 28 heavy (non-hydrogen) atoms. The van der Waals surface area contributed by atoms with Gasteiger partial charge in [-0.05, 0) is 62.6 Å². The Kier molecular flexibility index (Phi) is 7.63. The normalized spacial score (nSPS) is 13.9. The predicted octanol–water partition coefficient (Wildman–Crippen LogP) is 4.45. The number of aryl methyl sites for hydroxylation is 1. The smallest absolute Gasteiger partial charge is 0.416 e.